The van der Waals surface area contributed by atoms with Crippen molar-refractivity contribution in [3.05, 3.63) is 97.2 Å². The van der Waals surface area contributed by atoms with Crippen LogP contribution in [0.1, 0.15) is 206 Å². The molecule has 0 fully saturated rings. The topological polar surface area (TPSA) is 111 Å². The maximum atomic E-state index is 12.8. The van der Waals surface area contributed by atoms with Crippen LogP contribution in [-0.2, 0) is 33.3 Å². The smallest absolute Gasteiger partial charge is 0.306 e. The fourth-order valence-corrected chi connectivity index (χ4v) is 7.16. The Bertz CT molecular complexity index is 1450. The number of quaternary nitrogens is 1. The predicted molar refractivity (Wildman–Crippen MR) is 287 cm³/mol. The lowest BCUT2D eigenvalue weighted by Gasteiger charge is -2.26. The van der Waals surface area contributed by atoms with Crippen LogP contribution in [0.3, 0.4) is 0 Å². The number of carbonyl (C=O) groups excluding carboxylic acids is 3. The fraction of sp³-hybridized carbons (Fsp3) is 0.683. The molecule has 9 heteroatoms. The highest BCUT2D eigenvalue weighted by atomic mass is 16.7. The first-order valence-corrected chi connectivity index (χ1v) is 27.4. The molecule has 0 aliphatic rings. The lowest BCUT2D eigenvalue weighted by molar-refractivity contribution is -0.870. The first-order chi connectivity index (χ1) is 33.6. The minimum Gasteiger partial charge on any atom is -0.545 e. The summed E-state index contributed by atoms with van der Waals surface area (Å²) in [4.78, 5) is 37.3. The van der Waals surface area contributed by atoms with Crippen LogP contribution in [0.5, 0.6) is 0 Å². The molecule has 0 aliphatic heterocycles. The van der Waals surface area contributed by atoms with E-state index < -0.39 is 24.3 Å². The maximum absolute atomic E-state index is 12.8. The number of carbonyl (C=O) groups is 3. The minimum atomic E-state index is -1.63. The van der Waals surface area contributed by atoms with E-state index in [1.165, 1.54) is 64.2 Å². The Morgan fingerprint density at radius 3 is 1.16 bits per heavy atom. The summed E-state index contributed by atoms with van der Waals surface area (Å²) in [5.74, 6) is -2.31. The number of allylic oxidation sites excluding steroid dienone is 16. The number of hydrogen-bond donors (Lipinski definition) is 0. The zero-order valence-corrected chi connectivity index (χ0v) is 44.6. The van der Waals surface area contributed by atoms with Gasteiger partial charge in [-0.05, 0) is 89.9 Å². The molecule has 394 valence electrons. The van der Waals surface area contributed by atoms with Gasteiger partial charge in [-0.1, -0.05) is 201 Å². The van der Waals surface area contributed by atoms with Crippen molar-refractivity contribution in [1.29, 1.82) is 0 Å². The largest absolute Gasteiger partial charge is 0.545 e. The quantitative estimate of drug-likeness (QED) is 0.0195. The first-order valence-electron chi connectivity index (χ1n) is 27.4. The number of ether oxygens (including phenoxy) is 4. The molecule has 0 rings (SSSR count). The standard InChI is InChI=1S/C60H101NO8/c1-6-8-10-12-14-16-18-20-22-24-26-28-29-31-33-35-37-39-41-43-45-47-49-51-58(63)69-56(55-68-60(59(64)65)66-53-52-61(3,4)5)54-67-57(62)50-48-46-44-42-40-38-36-34-32-30-27-25-23-21-19-17-15-13-11-9-7-2/h8-11,14-17,20-23,26-28,30,56,60H,6-7,12-13,18-19,24-25,29,31-55H2,1-5H3/b10-8-,11-9-,16-14-,17-15-,22-20-,23-21-,28-26-,30-27-. The van der Waals surface area contributed by atoms with Gasteiger partial charge in [0.05, 0.1) is 40.3 Å². The Labute approximate surface area is 422 Å². The van der Waals surface area contributed by atoms with Gasteiger partial charge < -0.3 is 33.3 Å². The molecular formula is C60H101NO8. The molecule has 0 aromatic rings. The zero-order chi connectivity index (χ0) is 50.6. The van der Waals surface area contributed by atoms with Crippen molar-refractivity contribution in [2.75, 3.05) is 47.5 Å². The third-order valence-electron chi connectivity index (χ3n) is 11.3. The number of esters is 2. The minimum absolute atomic E-state index is 0.140. The van der Waals surface area contributed by atoms with E-state index in [1.54, 1.807) is 0 Å². The van der Waals surface area contributed by atoms with E-state index in [0.717, 1.165) is 109 Å². The highest BCUT2D eigenvalue weighted by Crippen LogP contribution is 2.15. The third-order valence-corrected chi connectivity index (χ3v) is 11.3. The molecule has 0 spiro atoms. The Balaban J connectivity index is 4.33. The van der Waals surface area contributed by atoms with Crippen LogP contribution in [0.2, 0.25) is 0 Å². The van der Waals surface area contributed by atoms with Crippen LogP contribution >= 0.6 is 0 Å². The van der Waals surface area contributed by atoms with Gasteiger partial charge in [-0.3, -0.25) is 9.59 Å². The van der Waals surface area contributed by atoms with E-state index in [2.05, 4.69) is 111 Å². The first kappa shape index (κ1) is 65.2. The van der Waals surface area contributed by atoms with Gasteiger partial charge in [-0.25, -0.2) is 0 Å². The zero-order valence-electron chi connectivity index (χ0n) is 44.6. The molecule has 0 aromatic carbocycles. The number of aliphatic carboxylic acids is 1. The van der Waals surface area contributed by atoms with Crippen LogP contribution in [-0.4, -0.2) is 82.3 Å². The van der Waals surface area contributed by atoms with E-state index in [9.17, 15) is 19.5 Å². The summed E-state index contributed by atoms with van der Waals surface area (Å²) in [5.41, 5.74) is 0. The number of likely N-dealkylation sites (N-methyl/N-ethyl adjacent to an activating group) is 1. The number of carboxylic acids is 1. The van der Waals surface area contributed by atoms with Crippen molar-refractivity contribution in [3.8, 4) is 0 Å². The van der Waals surface area contributed by atoms with Crippen LogP contribution in [0.15, 0.2) is 97.2 Å². The SMILES string of the molecule is CC/C=C\C/C=C\C/C=C\C/C=C\CCCCCCCCCCCCC(=O)OC(COC(=O)CCCCCCCCCC/C=C\C/C=C\C/C=C\C/C=C\CC)COC(OCC[N+](C)(C)C)C(=O)[O-]. The average molecular weight is 964 g/mol. The molecule has 0 aliphatic carbocycles. The predicted octanol–water partition coefficient (Wildman–Crippen LogP) is 14.4. The van der Waals surface area contributed by atoms with E-state index in [0.29, 0.717) is 17.4 Å². The van der Waals surface area contributed by atoms with Gasteiger partial charge in [-0.15, -0.1) is 0 Å². The van der Waals surface area contributed by atoms with E-state index in [-0.39, 0.29) is 38.6 Å². The lowest BCUT2D eigenvalue weighted by atomic mass is 10.0. The molecule has 0 saturated carbocycles. The van der Waals surface area contributed by atoms with E-state index in [4.69, 9.17) is 18.9 Å². The summed E-state index contributed by atoms with van der Waals surface area (Å²) in [5, 5.41) is 11.8. The Kier molecular flexibility index (Phi) is 47.8. The summed E-state index contributed by atoms with van der Waals surface area (Å²) < 4.78 is 22.7. The molecule has 9 nitrogen and oxygen atoms in total. The number of carboxylic acid groups (broad SMARTS) is 1. The molecule has 0 bridgehead atoms. The number of hydrogen-bond acceptors (Lipinski definition) is 8. The highest BCUT2D eigenvalue weighted by molar-refractivity contribution is 5.70. The van der Waals surface area contributed by atoms with E-state index >= 15 is 0 Å². The molecule has 0 amide bonds. The van der Waals surface area contributed by atoms with Crippen LogP contribution in [0, 0.1) is 0 Å². The average Bonchev–Trinajstić information content (AvgIpc) is 3.31. The summed E-state index contributed by atoms with van der Waals surface area (Å²) in [6.07, 6.45) is 64.4. The molecule has 0 aromatic heterocycles. The second-order valence-corrected chi connectivity index (χ2v) is 19.1. The van der Waals surface area contributed by atoms with Gasteiger partial charge >= 0.3 is 11.9 Å². The number of rotatable bonds is 49. The number of nitrogens with zero attached hydrogens (tertiary/aromatic N) is 1. The maximum Gasteiger partial charge on any atom is 0.306 e. The van der Waals surface area contributed by atoms with Crippen molar-refractivity contribution < 1.29 is 42.9 Å². The van der Waals surface area contributed by atoms with Crippen molar-refractivity contribution in [1.82, 2.24) is 0 Å². The Hall–Kier alpha value is -3.79. The molecular weight excluding hydrogens is 863 g/mol. The fourth-order valence-electron chi connectivity index (χ4n) is 7.16. The summed E-state index contributed by atoms with van der Waals surface area (Å²) in [6, 6.07) is 0. The van der Waals surface area contributed by atoms with Crippen molar-refractivity contribution in [3.63, 3.8) is 0 Å². The van der Waals surface area contributed by atoms with E-state index in [1.807, 2.05) is 21.1 Å². The van der Waals surface area contributed by atoms with Gasteiger partial charge in [0.15, 0.2) is 12.4 Å². The molecule has 2 unspecified atom stereocenters. The lowest BCUT2D eigenvalue weighted by Crippen LogP contribution is -2.44. The Morgan fingerprint density at radius 2 is 0.783 bits per heavy atom. The van der Waals surface area contributed by atoms with Crippen molar-refractivity contribution in [2.45, 2.75) is 219 Å². The number of unbranched alkanes of at least 4 members (excludes halogenated alkanes) is 18. The summed E-state index contributed by atoms with van der Waals surface area (Å²) in [6.45, 7) is 4.50. The monoisotopic (exact) mass is 964 g/mol. The van der Waals surface area contributed by atoms with Gasteiger partial charge in [0.1, 0.15) is 13.2 Å². The second-order valence-electron chi connectivity index (χ2n) is 19.1. The molecule has 69 heavy (non-hydrogen) atoms. The van der Waals surface area contributed by atoms with Gasteiger partial charge in [0, 0.05) is 12.8 Å². The summed E-state index contributed by atoms with van der Waals surface area (Å²) >= 11 is 0. The normalized spacial score (nSPS) is 13.6. The van der Waals surface area contributed by atoms with Crippen molar-refractivity contribution >= 4 is 17.9 Å². The molecule has 0 radical (unpaired) electrons. The molecule has 0 heterocycles. The van der Waals surface area contributed by atoms with Crippen LogP contribution in [0.4, 0.5) is 0 Å². The van der Waals surface area contributed by atoms with Gasteiger partial charge in [-0.2, -0.15) is 0 Å². The molecule has 0 N–H and O–H groups in total. The van der Waals surface area contributed by atoms with Crippen LogP contribution < -0.4 is 5.11 Å². The Morgan fingerprint density at radius 1 is 0.435 bits per heavy atom. The molecule has 2 atom stereocenters. The third kappa shape index (κ3) is 51.9. The molecule has 0 saturated heterocycles. The highest BCUT2D eigenvalue weighted by Gasteiger charge is 2.22. The second kappa shape index (κ2) is 50.6. The van der Waals surface area contributed by atoms with Gasteiger partial charge in [0.25, 0.3) is 0 Å². The van der Waals surface area contributed by atoms with Crippen LogP contribution in [0.25, 0.3) is 0 Å². The summed E-state index contributed by atoms with van der Waals surface area (Å²) in [7, 11) is 5.91. The van der Waals surface area contributed by atoms with Crippen molar-refractivity contribution in [2.24, 2.45) is 0 Å². The van der Waals surface area contributed by atoms with Gasteiger partial charge in [0.2, 0.25) is 0 Å².